The van der Waals surface area contributed by atoms with Crippen LogP contribution in [0.3, 0.4) is 0 Å². The van der Waals surface area contributed by atoms with Crippen LogP contribution in [-0.4, -0.2) is 17.7 Å². The molecule has 21 heavy (non-hydrogen) atoms. The van der Waals surface area contributed by atoms with Gasteiger partial charge in [-0.2, -0.15) is 0 Å². The van der Waals surface area contributed by atoms with Gasteiger partial charge in [0.15, 0.2) is 11.6 Å². The molecule has 0 saturated carbocycles. The second kappa shape index (κ2) is 7.43. The standard InChI is InChI=1S/C17H17FO3/c18-15-12-14(17(19)20)9-10-16(15)21-11-5-4-8-13-6-2-1-3-7-13/h1-3,6-7,9-10,12H,4-5,8,11H2,(H,19,20). The number of unbranched alkanes of at least 4 members (excludes halogenated alkanes) is 1. The van der Waals surface area contributed by atoms with Crippen molar-refractivity contribution in [2.45, 2.75) is 19.3 Å². The number of hydrogen-bond acceptors (Lipinski definition) is 2. The van der Waals surface area contributed by atoms with Crippen LogP contribution < -0.4 is 4.74 Å². The third-order valence-electron chi connectivity index (χ3n) is 3.14. The van der Waals surface area contributed by atoms with Crippen molar-refractivity contribution in [1.29, 1.82) is 0 Å². The molecule has 0 atom stereocenters. The maximum atomic E-state index is 13.6. The molecule has 3 nitrogen and oxygen atoms in total. The van der Waals surface area contributed by atoms with Crippen LogP contribution in [0, 0.1) is 5.82 Å². The average molecular weight is 288 g/mol. The number of aryl methyl sites for hydroxylation is 1. The van der Waals surface area contributed by atoms with Gasteiger partial charge < -0.3 is 9.84 Å². The highest BCUT2D eigenvalue weighted by Crippen LogP contribution is 2.19. The fraction of sp³-hybridized carbons (Fsp3) is 0.235. The summed E-state index contributed by atoms with van der Waals surface area (Å²) in [4.78, 5) is 10.7. The fourth-order valence-corrected chi connectivity index (χ4v) is 2.01. The van der Waals surface area contributed by atoms with Gasteiger partial charge in [0.1, 0.15) is 0 Å². The summed E-state index contributed by atoms with van der Waals surface area (Å²) in [6.45, 7) is 0.413. The lowest BCUT2D eigenvalue weighted by atomic mass is 10.1. The molecule has 0 aliphatic carbocycles. The number of benzene rings is 2. The monoisotopic (exact) mass is 288 g/mol. The van der Waals surface area contributed by atoms with Crippen molar-refractivity contribution in [2.24, 2.45) is 0 Å². The highest BCUT2D eigenvalue weighted by atomic mass is 19.1. The van der Waals surface area contributed by atoms with Crippen LogP contribution in [0.4, 0.5) is 4.39 Å². The number of aromatic carboxylic acids is 1. The van der Waals surface area contributed by atoms with E-state index in [9.17, 15) is 9.18 Å². The zero-order chi connectivity index (χ0) is 15.1. The predicted octanol–water partition coefficient (Wildman–Crippen LogP) is 3.93. The third kappa shape index (κ3) is 4.60. The number of carboxylic acids is 1. The molecule has 0 spiro atoms. The Bertz CT molecular complexity index is 596. The topological polar surface area (TPSA) is 46.5 Å². The number of rotatable bonds is 7. The van der Waals surface area contributed by atoms with E-state index in [0.29, 0.717) is 6.61 Å². The second-order valence-electron chi connectivity index (χ2n) is 4.74. The molecule has 0 aliphatic rings. The van der Waals surface area contributed by atoms with E-state index in [1.165, 1.54) is 17.7 Å². The van der Waals surface area contributed by atoms with E-state index in [-0.39, 0.29) is 11.3 Å². The molecule has 0 amide bonds. The summed E-state index contributed by atoms with van der Waals surface area (Å²) in [5.74, 6) is -1.69. The van der Waals surface area contributed by atoms with Gasteiger partial charge in [0, 0.05) is 0 Å². The molecule has 4 heteroatoms. The van der Waals surface area contributed by atoms with Crippen molar-refractivity contribution in [3.63, 3.8) is 0 Å². The van der Waals surface area contributed by atoms with Crippen LogP contribution in [0.1, 0.15) is 28.8 Å². The van der Waals surface area contributed by atoms with Crippen molar-refractivity contribution in [3.05, 3.63) is 65.5 Å². The number of carboxylic acid groups (broad SMARTS) is 1. The van der Waals surface area contributed by atoms with E-state index >= 15 is 0 Å². The molecule has 0 aromatic heterocycles. The highest BCUT2D eigenvalue weighted by Gasteiger charge is 2.08. The Hall–Kier alpha value is -2.36. The first-order chi connectivity index (χ1) is 10.2. The van der Waals surface area contributed by atoms with Gasteiger partial charge in [0.25, 0.3) is 0 Å². The summed E-state index contributed by atoms with van der Waals surface area (Å²) in [6, 6.07) is 13.8. The Balaban J connectivity index is 1.75. The second-order valence-corrected chi connectivity index (χ2v) is 4.74. The van der Waals surface area contributed by atoms with E-state index in [4.69, 9.17) is 9.84 Å². The van der Waals surface area contributed by atoms with E-state index in [0.717, 1.165) is 25.3 Å². The SMILES string of the molecule is O=C(O)c1ccc(OCCCCc2ccccc2)c(F)c1. The lowest BCUT2D eigenvalue weighted by molar-refractivity contribution is 0.0696. The molecule has 2 aromatic rings. The van der Waals surface area contributed by atoms with E-state index in [1.54, 1.807) is 0 Å². The first-order valence-electron chi connectivity index (χ1n) is 6.86. The minimum atomic E-state index is -1.15. The molecular formula is C17H17FO3. The van der Waals surface area contributed by atoms with Crippen molar-refractivity contribution in [2.75, 3.05) is 6.61 Å². The molecule has 0 unspecified atom stereocenters. The minimum Gasteiger partial charge on any atom is -0.491 e. The maximum Gasteiger partial charge on any atom is 0.335 e. The quantitative estimate of drug-likeness (QED) is 0.785. The first kappa shape index (κ1) is 15.0. The minimum absolute atomic E-state index is 0.0797. The largest absolute Gasteiger partial charge is 0.491 e. The molecule has 0 saturated heterocycles. The lowest BCUT2D eigenvalue weighted by Crippen LogP contribution is -2.02. The Kier molecular flexibility index (Phi) is 5.32. The van der Waals surface area contributed by atoms with Crippen molar-refractivity contribution < 1.29 is 19.0 Å². The molecule has 0 fully saturated rings. The van der Waals surface area contributed by atoms with Crippen molar-refractivity contribution >= 4 is 5.97 Å². The van der Waals surface area contributed by atoms with E-state index < -0.39 is 11.8 Å². The van der Waals surface area contributed by atoms with Crippen LogP contribution >= 0.6 is 0 Å². The van der Waals surface area contributed by atoms with Crippen molar-refractivity contribution in [3.8, 4) is 5.75 Å². The maximum absolute atomic E-state index is 13.6. The molecular weight excluding hydrogens is 271 g/mol. The lowest BCUT2D eigenvalue weighted by Gasteiger charge is -2.07. The Morgan fingerprint density at radius 1 is 1.10 bits per heavy atom. The summed E-state index contributed by atoms with van der Waals surface area (Å²) < 4.78 is 18.9. The zero-order valence-corrected chi connectivity index (χ0v) is 11.6. The van der Waals surface area contributed by atoms with Gasteiger partial charge in [-0.15, -0.1) is 0 Å². The zero-order valence-electron chi connectivity index (χ0n) is 11.6. The molecule has 0 heterocycles. The summed E-state index contributed by atoms with van der Waals surface area (Å²) in [5.41, 5.74) is 1.19. The van der Waals surface area contributed by atoms with Crippen LogP contribution in [0.15, 0.2) is 48.5 Å². The molecule has 2 rings (SSSR count). The summed E-state index contributed by atoms with van der Waals surface area (Å²) >= 11 is 0. The van der Waals surface area contributed by atoms with Gasteiger partial charge >= 0.3 is 5.97 Å². The summed E-state index contributed by atoms with van der Waals surface area (Å²) in [5, 5.41) is 8.75. The number of hydrogen-bond donors (Lipinski definition) is 1. The van der Waals surface area contributed by atoms with E-state index in [2.05, 4.69) is 12.1 Å². The van der Waals surface area contributed by atoms with Crippen molar-refractivity contribution in [1.82, 2.24) is 0 Å². The van der Waals surface area contributed by atoms with Crippen LogP contribution in [0.5, 0.6) is 5.75 Å². The number of ether oxygens (including phenoxy) is 1. The number of halogens is 1. The summed E-state index contributed by atoms with van der Waals surface area (Å²) in [6.07, 6.45) is 2.73. The van der Waals surface area contributed by atoms with Gasteiger partial charge in [-0.3, -0.25) is 0 Å². The van der Waals surface area contributed by atoms with Gasteiger partial charge in [0.05, 0.1) is 12.2 Å². The predicted molar refractivity (Wildman–Crippen MR) is 78.2 cm³/mol. The molecule has 0 aliphatic heterocycles. The highest BCUT2D eigenvalue weighted by molar-refractivity contribution is 5.87. The fourth-order valence-electron chi connectivity index (χ4n) is 2.01. The molecule has 110 valence electrons. The molecule has 0 bridgehead atoms. The van der Waals surface area contributed by atoms with Crippen LogP contribution in [0.25, 0.3) is 0 Å². The van der Waals surface area contributed by atoms with Crippen LogP contribution in [0.2, 0.25) is 0 Å². The number of carbonyl (C=O) groups is 1. The van der Waals surface area contributed by atoms with Gasteiger partial charge in [-0.25, -0.2) is 9.18 Å². The normalized spacial score (nSPS) is 10.3. The smallest absolute Gasteiger partial charge is 0.335 e. The molecule has 1 N–H and O–H groups in total. The third-order valence-corrected chi connectivity index (χ3v) is 3.14. The Morgan fingerprint density at radius 2 is 1.86 bits per heavy atom. The Morgan fingerprint density at radius 3 is 2.52 bits per heavy atom. The molecule has 0 radical (unpaired) electrons. The van der Waals surface area contributed by atoms with Gasteiger partial charge in [-0.1, -0.05) is 30.3 Å². The van der Waals surface area contributed by atoms with Gasteiger partial charge in [-0.05, 0) is 43.0 Å². The average Bonchev–Trinajstić information content (AvgIpc) is 2.49. The van der Waals surface area contributed by atoms with E-state index in [1.807, 2.05) is 18.2 Å². The van der Waals surface area contributed by atoms with Gasteiger partial charge in [0.2, 0.25) is 0 Å². The molecule has 2 aromatic carbocycles. The Labute approximate surface area is 123 Å². The summed E-state index contributed by atoms with van der Waals surface area (Å²) in [7, 11) is 0. The van der Waals surface area contributed by atoms with Crippen LogP contribution in [-0.2, 0) is 6.42 Å². The first-order valence-corrected chi connectivity index (χ1v) is 6.86.